The fourth-order valence-corrected chi connectivity index (χ4v) is 3.18. The molecule has 6 nitrogen and oxygen atoms in total. The van der Waals surface area contributed by atoms with E-state index in [1.165, 1.54) is 11.6 Å². The summed E-state index contributed by atoms with van der Waals surface area (Å²) in [5, 5.41) is 18.6. The minimum absolute atomic E-state index is 0.0662. The standard InChI is InChI=1S/C23H21N3O3/c1-3-15-8-10-16(11-9-15)21-25-23(29-26-21)14(2)24-22(28)18-12-17-6-4-5-7-19(17)20(27)13-18/h4-14,27H,3H2,1-2H3,(H,24,28). The van der Waals surface area contributed by atoms with Gasteiger partial charge in [0.2, 0.25) is 11.7 Å². The lowest BCUT2D eigenvalue weighted by Crippen LogP contribution is -2.26. The second-order valence-electron chi connectivity index (χ2n) is 6.92. The van der Waals surface area contributed by atoms with E-state index in [-0.39, 0.29) is 11.7 Å². The van der Waals surface area contributed by atoms with Crippen molar-refractivity contribution in [3.63, 3.8) is 0 Å². The van der Waals surface area contributed by atoms with Crippen LogP contribution in [0.3, 0.4) is 0 Å². The Hall–Kier alpha value is -3.67. The molecule has 4 rings (SSSR count). The van der Waals surface area contributed by atoms with Crippen molar-refractivity contribution in [1.82, 2.24) is 15.5 Å². The van der Waals surface area contributed by atoms with Crippen LogP contribution in [0.15, 0.2) is 65.2 Å². The molecule has 4 aromatic rings. The summed E-state index contributed by atoms with van der Waals surface area (Å²) in [7, 11) is 0. The van der Waals surface area contributed by atoms with Gasteiger partial charge >= 0.3 is 0 Å². The summed E-state index contributed by atoms with van der Waals surface area (Å²) in [4.78, 5) is 17.1. The molecule has 0 spiro atoms. The van der Waals surface area contributed by atoms with Crippen molar-refractivity contribution in [3.05, 3.63) is 77.7 Å². The fraction of sp³-hybridized carbons (Fsp3) is 0.174. The molecule has 1 amide bonds. The number of phenols is 1. The number of fused-ring (bicyclic) bond motifs is 1. The SMILES string of the molecule is CCc1ccc(-c2noc(C(C)NC(=O)c3cc(O)c4ccccc4c3)n2)cc1. The van der Waals surface area contributed by atoms with Gasteiger partial charge in [0.25, 0.3) is 5.91 Å². The average molecular weight is 387 g/mol. The first kappa shape index (κ1) is 18.7. The minimum atomic E-state index is -0.479. The molecule has 0 saturated heterocycles. The first-order valence-electron chi connectivity index (χ1n) is 9.50. The molecule has 0 saturated carbocycles. The zero-order valence-electron chi connectivity index (χ0n) is 16.2. The Bertz CT molecular complexity index is 1170. The summed E-state index contributed by atoms with van der Waals surface area (Å²) in [6.45, 7) is 3.87. The first-order chi connectivity index (χ1) is 14.0. The molecular weight excluding hydrogens is 366 g/mol. The maximum absolute atomic E-state index is 12.7. The molecule has 1 aromatic heterocycles. The molecule has 2 N–H and O–H groups in total. The third kappa shape index (κ3) is 3.82. The molecule has 3 aromatic carbocycles. The van der Waals surface area contributed by atoms with Gasteiger partial charge in [0.1, 0.15) is 11.8 Å². The van der Waals surface area contributed by atoms with E-state index in [4.69, 9.17) is 4.52 Å². The molecule has 29 heavy (non-hydrogen) atoms. The molecule has 0 radical (unpaired) electrons. The van der Waals surface area contributed by atoms with Crippen LogP contribution in [0.4, 0.5) is 0 Å². The number of benzene rings is 3. The zero-order chi connectivity index (χ0) is 20.4. The van der Waals surface area contributed by atoms with Crippen LogP contribution in [0.1, 0.15) is 41.7 Å². The van der Waals surface area contributed by atoms with Crippen molar-refractivity contribution in [2.45, 2.75) is 26.3 Å². The van der Waals surface area contributed by atoms with Gasteiger partial charge in [0.05, 0.1) is 0 Å². The van der Waals surface area contributed by atoms with E-state index in [0.717, 1.165) is 17.4 Å². The minimum Gasteiger partial charge on any atom is -0.507 e. The molecule has 0 fully saturated rings. The number of aryl methyl sites for hydroxylation is 1. The van der Waals surface area contributed by atoms with Crippen LogP contribution in [-0.2, 0) is 6.42 Å². The highest BCUT2D eigenvalue weighted by Crippen LogP contribution is 2.27. The number of hydrogen-bond acceptors (Lipinski definition) is 5. The van der Waals surface area contributed by atoms with Crippen LogP contribution in [0, 0.1) is 0 Å². The summed E-state index contributed by atoms with van der Waals surface area (Å²) in [6.07, 6.45) is 0.963. The Balaban J connectivity index is 1.51. The van der Waals surface area contributed by atoms with Gasteiger partial charge in [0.15, 0.2) is 0 Å². The van der Waals surface area contributed by atoms with Crippen LogP contribution < -0.4 is 5.32 Å². The number of nitrogens with one attached hydrogen (secondary N) is 1. The highest BCUT2D eigenvalue weighted by molar-refractivity contribution is 6.00. The second kappa shape index (κ2) is 7.75. The number of nitrogens with zero attached hydrogens (tertiary/aromatic N) is 2. The van der Waals surface area contributed by atoms with Gasteiger partial charge in [-0.05, 0) is 36.4 Å². The van der Waals surface area contributed by atoms with Gasteiger partial charge in [-0.3, -0.25) is 4.79 Å². The van der Waals surface area contributed by atoms with Crippen LogP contribution in [0.2, 0.25) is 0 Å². The smallest absolute Gasteiger partial charge is 0.252 e. The lowest BCUT2D eigenvalue weighted by Gasteiger charge is -2.11. The Labute approximate surface area is 168 Å². The highest BCUT2D eigenvalue weighted by atomic mass is 16.5. The number of amides is 1. The number of carbonyl (C=O) groups is 1. The normalized spacial score (nSPS) is 12.1. The molecule has 0 aliphatic carbocycles. The fourth-order valence-electron chi connectivity index (χ4n) is 3.18. The Kier molecular flexibility index (Phi) is 4.99. The summed E-state index contributed by atoms with van der Waals surface area (Å²) in [5.41, 5.74) is 2.45. The number of hydrogen-bond donors (Lipinski definition) is 2. The maximum atomic E-state index is 12.7. The predicted octanol–water partition coefficient (Wildman–Crippen LogP) is 4.65. The monoisotopic (exact) mass is 387 g/mol. The van der Waals surface area contributed by atoms with Crippen molar-refractivity contribution < 1.29 is 14.4 Å². The third-order valence-corrected chi connectivity index (χ3v) is 4.88. The molecule has 146 valence electrons. The Morgan fingerprint density at radius 3 is 2.66 bits per heavy atom. The Morgan fingerprint density at radius 1 is 1.14 bits per heavy atom. The van der Waals surface area contributed by atoms with E-state index >= 15 is 0 Å². The molecule has 0 aliphatic heterocycles. The van der Waals surface area contributed by atoms with E-state index in [2.05, 4.69) is 22.4 Å². The topological polar surface area (TPSA) is 88.2 Å². The largest absolute Gasteiger partial charge is 0.507 e. The average Bonchev–Trinajstić information content (AvgIpc) is 3.24. The van der Waals surface area contributed by atoms with Crippen molar-refractivity contribution in [2.24, 2.45) is 0 Å². The summed E-state index contributed by atoms with van der Waals surface area (Å²) < 4.78 is 5.34. The number of carbonyl (C=O) groups excluding carboxylic acids is 1. The molecule has 1 unspecified atom stereocenters. The molecule has 6 heteroatoms. The number of rotatable bonds is 5. The van der Waals surface area contributed by atoms with Crippen molar-refractivity contribution >= 4 is 16.7 Å². The van der Waals surface area contributed by atoms with Gasteiger partial charge in [-0.25, -0.2) is 0 Å². The first-order valence-corrected chi connectivity index (χ1v) is 9.50. The van der Waals surface area contributed by atoms with E-state index in [9.17, 15) is 9.90 Å². The van der Waals surface area contributed by atoms with E-state index in [1.807, 2.05) is 48.5 Å². The number of aromatic hydroxyl groups is 1. The molecule has 0 aliphatic rings. The van der Waals surface area contributed by atoms with Gasteiger partial charge in [-0.15, -0.1) is 0 Å². The lowest BCUT2D eigenvalue weighted by atomic mass is 10.1. The molecule has 1 atom stereocenters. The molecular formula is C23H21N3O3. The molecule has 1 heterocycles. The lowest BCUT2D eigenvalue weighted by molar-refractivity contribution is 0.0932. The maximum Gasteiger partial charge on any atom is 0.252 e. The van der Waals surface area contributed by atoms with E-state index in [1.54, 1.807) is 13.0 Å². The summed E-state index contributed by atoms with van der Waals surface area (Å²) in [5.74, 6) is 0.534. The zero-order valence-corrected chi connectivity index (χ0v) is 16.2. The summed E-state index contributed by atoms with van der Waals surface area (Å²) in [6, 6.07) is 18.0. The van der Waals surface area contributed by atoms with Gasteiger partial charge in [0, 0.05) is 16.5 Å². The van der Waals surface area contributed by atoms with Crippen LogP contribution in [0.5, 0.6) is 5.75 Å². The van der Waals surface area contributed by atoms with Crippen LogP contribution in [0.25, 0.3) is 22.2 Å². The van der Waals surface area contributed by atoms with Gasteiger partial charge in [-0.1, -0.05) is 60.6 Å². The predicted molar refractivity (Wildman–Crippen MR) is 111 cm³/mol. The van der Waals surface area contributed by atoms with Crippen molar-refractivity contribution in [2.75, 3.05) is 0 Å². The van der Waals surface area contributed by atoms with Gasteiger partial charge in [-0.2, -0.15) is 4.98 Å². The van der Waals surface area contributed by atoms with E-state index in [0.29, 0.717) is 22.7 Å². The Morgan fingerprint density at radius 2 is 1.90 bits per heavy atom. The van der Waals surface area contributed by atoms with Crippen LogP contribution in [-0.4, -0.2) is 21.2 Å². The van der Waals surface area contributed by atoms with Crippen molar-refractivity contribution in [1.29, 1.82) is 0 Å². The van der Waals surface area contributed by atoms with E-state index < -0.39 is 6.04 Å². The second-order valence-corrected chi connectivity index (χ2v) is 6.92. The van der Waals surface area contributed by atoms with Crippen LogP contribution >= 0.6 is 0 Å². The third-order valence-electron chi connectivity index (χ3n) is 4.88. The number of phenolic OH excluding ortho intramolecular Hbond substituents is 1. The number of aromatic nitrogens is 2. The highest BCUT2D eigenvalue weighted by Gasteiger charge is 2.19. The molecule has 0 bridgehead atoms. The van der Waals surface area contributed by atoms with Crippen molar-refractivity contribution in [3.8, 4) is 17.1 Å². The quantitative estimate of drug-likeness (QED) is 0.520. The van der Waals surface area contributed by atoms with Gasteiger partial charge < -0.3 is 14.9 Å². The summed E-state index contributed by atoms with van der Waals surface area (Å²) >= 11 is 0.